The van der Waals surface area contributed by atoms with Gasteiger partial charge in [-0.2, -0.15) is 0 Å². The zero-order chi connectivity index (χ0) is 21.4. The van der Waals surface area contributed by atoms with Gasteiger partial charge in [-0.05, 0) is 24.3 Å². The molecule has 3 aromatic rings. The summed E-state index contributed by atoms with van der Waals surface area (Å²) >= 11 is 12.1. The lowest BCUT2D eigenvalue weighted by atomic mass is 10.0. The maximum atomic E-state index is 13.3. The molecule has 154 valence electrons. The normalized spacial score (nSPS) is 16.7. The van der Waals surface area contributed by atoms with Crippen LogP contribution in [-0.2, 0) is 4.79 Å². The van der Waals surface area contributed by atoms with E-state index in [2.05, 4.69) is 4.98 Å². The van der Waals surface area contributed by atoms with Crippen molar-refractivity contribution in [3.05, 3.63) is 74.5 Å². The van der Waals surface area contributed by atoms with E-state index in [1.165, 1.54) is 11.0 Å². The van der Waals surface area contributed by atoms with Crippen LogP contribution in [0.15, 0.2) is 53.3 Å². The van der Waals surface area contributed by atoms with Crippen LogP contribution >= 0.6 is 23.2 Å². The summed E-state index contributed by atoms with van der Waals surface area (Å²) in [5.41, 5.74) is 1.01. The fraction of sp³-hybridized carbons (Fsp3) is 0.190. The van der Waals surface area contributed by atoms with Crippen LogP contribution in [0.4, 0.5) is 5.69 Å². The molecule has 1 aromatic heterocycles. The summed E-state index contributed by atoms with van der Waals surface area (Å²) in [6.07, 6.45) is 0. The minimum Gasteiger partial charge on any atom is -0.480 e. The van der Waals surface area contributed by atoms with E-state index in [4.69, 9.17) is 23.2 Å². The van der Waals surface area contributed by atoms with Crippen LogP contribution in [0.3, 0.4) is 0 Å². The van der Waals surface area contributed by atoms with Gasteiger partial charge in [-0.25, -0.2) is 4.79 Å². The van der Waals surface area contributed by atoms with Gasteiger partial charge in [-0.1, -0.05) is 41.4 Å². The number of nitrogens with one attached hydrogen (secondary N) is 1. The van der Waals surface area contributed by atoms with E-state index in [0.29, 0.717) is 27.5 Å². The van der Waals surface area contributed by atoms with E-state index < -0.39 is 23.5 Å². The van der Waals surface area contributed by atoms with Crippen molar-refractivity contribution in [3.8, 4) is 0 Å². The summed E-state index contributed by atoms with van der Waals surface area (Å²) in [6.45, 7) is 0.673. The molecule has 0 radical (unpaired) electrons. The van der Waals surface area contributed by atoms with Crippen LogP contribution in [0.2, 0.25) is 10.0 Å². The van der Waals surface area contributed by atoms with Crippen molar-refractivity contribution in [2.75, 3.05) is 24.5 Å². The van der Waals surface area contributed by atoms with Crippen molar-refractivity contribution < 1.29 is 14.7 Å². The average Bonchev–Trinajstić information content (AvgIpc) is 2.74. The Morgan fingerprint density at radius 1 is 1.03 bits per heavy atom. The lowest BCUT2D eigenvalue weighted by Crippen LogP contribution is -2.58. The largest absolute Gasteiger partial charge is 0.480 e. The summed E-state index contributed by atoms with van der Waals surface area (Å²) in [5, 5.41) is 11.1. The third-order valence-electron chi connectivity index (χ3n) is 5.18. The van der Waals surface area contributed by atoms with Crippen molar-refractivity contribution in [3.63, 3.8) is 0 Å². The number of carboxylic acid groups (broad SMARTS) is 1. The Kier molecular flexibility index (Phi) is 5.40. The Hall–Kier alpha value is -3.03. The number of amides is 1. The molecule has 2 N–H and O–H groups in total. The van der Waals surface area contributed by atoms with Gasteiger partial charge < -0.3 is 19.9 Å². The van der Waals surface area contributed by atoms with Gasteiger partial charge in [0.15, 0.2) is 0 Å². The number of H-pyrrole nitrogens is 1. The number of fused-ring (bicyclic) bond motifs is 1. The Morgan fingerprint density at radius 2 is 1.80 bits per heavy atom. The van der Waals surface area contributed by atoms with Gasteiger partial charge in [-0.3, -0.25) is 9.59 Å². The third-order valence-corrected chi connectivity index (χ3v) is 5.91. The highest BCUT2D eigenvalue weighted by atomic mass is 35.5. The van der Waals surface area contributed by atoms with Gasteiger partial charge in [0.25, 0.3) is 5.91 Å². The monoisotopic (exact) mass is 445 g/mol. The van der Waals surface area contributed by atoms with E-state index in [0.717, 1.165) is 5.69 Å². The zero-order valence-corrected chi connectivity index (χ0v) is 17.2. The maximum absolute atomic E-state index is 13.3. The first-order valence-corrected chi connectivity index (χ1v) is 9.96. The summed E-state index contributed by atoms with van der Waals surface area (Å²) in [4.78, 5) is 43.1. The molecular formula is C21H17Cl2N3O4. The van der Waals surface area contributed by atoms with Crippen molar-refractivity contribution >= 4 is 51.7 Å². The number of nitrogens with zero attached hydrogens (tertiary/aromatic N) is 2. The molecule has 0 spiro atoms. The van der Waals surface area contributed by atoms with E-state index in [1.807, 2.05) is 4.90 Å². The van der Waals surface area contributed by atoms with Crippen molar-refractivity contribution in [1.82, 2.24) is 9.88 Å². The Balaban J connectivity index is 1.67. The predicted molar refractivity (Wildman–Crippen MR) is 116 cm³/mol. The van der Waals surface area contributed by atoms with Crippen LogP contribution in [0, 0.1) is 0 Å². The topological polar surface area (TPSA) is 93.7 Å². The van der Waals surface area contributed by atoms with Crippen LogP contribution in [0.25, 0.3) is 10.9 Å². The summed E-state index contributed by atoms with van der Waals surface area (Å²) in [6, 6.07) is 12.1. The summed E-state index contributed by atoms with van der Waals surface area (Å²) < 4.78 is 0. The second-order valence-electron chi connectivity index (χ2n) is 6.99. The molecule has 1 unspecified atom stereocenters. The number of rotatable bonds is 3. The van der Waals surface area contributed by atoms with Gasteiger partial charge in [0, 0.05) is 42.3 Å². The molecule has 2 aromatic carbocycles. The summed E-state index contributed by atoms with van der Waals surface area (Å²) in [5.74, 6) is -1.61. The van der Waals surface area contributed by atoms with Crippen molar-refractivity contribution in [2.24, 2.45) is 0 Å². The van der Waals surface area contributed by atoms with Gasteiger partial charge >= 0.3 is 5.97 Å². The molecule has 1 amide bonds. The lowest BCUT2D eigenvalue weighted by Gasteiger charge is -2.40. The number of anilines is 1. The zero-order valence-electron chi connectivity index (χ0n) is 15.6. The Bertz CT molecular complexity index is 1210. The molecule has 1 atom stereocenters. The second-order valence-corrected chi connectivity index (χ2v) is 7.80. The minimum atomic E-state index is -1.12. The Morgan fingerprint density at radius 3 is 2.53 bits per heavy atom. The second kappa shape index (κ2) is 8.01. The smallest absolute Gasteiger partial charge is 0.328 e. The van der Waals surface area contributed by atoms with Gasteiger partial charge in [0.1, 0.15) is 6.04 Å². The average molecular weight is 446 g/mol. The number of benzene rings is 2. The van der Waals surface area contributed by atoms with Crippen molar-refractivity contribution in [2.45, 2.75) is 6.04 Å². The third kappa shape index (κ3) is 3.74. The molecule has 9 heteroatoms. The SMILES string of the molecule is O=C(O)C1CN(c2ccc(Cl)c(Cl)c2)CCN1C(=O)c1cc(=O)[nH]c2ccccc12. The quantitative estimate of drug-likeness (QED) is 0.645. The number of piperazine rings is 1. The molecule has 7 nitrogen and oxygen atoms in total. The fourth-order valence-corrected chi connectivity index (χ4v) is 3.98. The first-order chi connectivity index (χ1) is 14.3. The molecular weight excluding hydrogens is 429 g/mol. The van der Waals surface area contributed by atoms with Gasteiger partial charge in [0.2, 0.25) is 5.56 Å². The molecule has 1 saturated heterocycles. The highest BCUT2D eigenvalue weighted by Crippen LogP contribution is 2.29. The number of aromatic amines is 1. The van der Waals surface area contributed by atoms with Gasteiger partial charge in [-0.15, -0.1) is 0 Å². The molecule has 0 bridgehead atoms. The molecule has 2 heterocycles. The first-order valence-electron chi connectivity index (χ1n) is 9.21. The first kappa shape index (κ1) is 20.3. The van der Waals surface area contributed by atoms with Crippen molar-refractivity contribution in [1.29, 1.82) is 0 Å². The fourth-order valence-electron chi connectivity index (χ4n) is 3.69. The summed E-state index contributed by atoms with van der Waals surface area (Å²) in [7, 11) is 0. The molecule has 1 aliphatic heterocycles. The van der Waals surface area contributed by atoms with E-state index in [1.54, 1.807) is 42.5 Å². The van der Waals surface area contributed by atoms with Crippen LogP contribution in [0.1, 0.15) is 10.4 Å². The molecule has 30 heavy (non-hydrogen) atoms. The van der Waals surface area contributed by atoms with E-state index in [-0.39, 0.29) is 18.7 Å². The Labute approximate surface area is 181 Å². The number of carboxylic acids is 1. The number of pyridine rings is 1. The van der Waals surface area contributed by atoms with Crippen LogP contribution in [-0.4, -0.2) is 52.5 Å². The number of hydrogen-bond acceptors (Lipinski definition) is 4. The number of hydrogen-bond donors (Lipinski definition) is 2. The number of halogens is 2. The maximum Gasteiger partial charge on any atom is 0.328 e. The predicted octanol–water partition coefficient (Wildman–Crippen LogP) is 3.25. The van der Waals surface area contributed by atoms with E-state index in [9.17, 15) is 19.5 Å². The molecule has 0 aliphatic carbocycles. The number of aromatic nitrogens is 1. The number of aliphatic carboxylic acids is 1. The highest BCUT2D eigenvalue weighted by Gasteiger charge is 2.36. The minimum absolute atomic E-state index is 0.0835. The molecule has 1 aliphatic rings. The number of para-hydroxylation sites is 1. The molecule has 4 rings (SSSR count). The van der Waals surface area contributed by atoms with Crippen LogP contribution in [0.5, 0.6) is 0 Å². The standard InChI is InChI=1S/C21H17Cl2N3O4/c22-15-6-5-12(9-16(15)23)25-7-8-26(18(11-25)21(29)30)20(28)14-10-19(27)24-17-4-2-1-3-13(14)17/h1-6,9-10,18H,7-8,11H2,(H,24,27)(H,29,30). The van der Waals surface area contributed by atoms with Crippen LogP contribution < -0.4 is 10.5 Å². The molecule has 0 saturated carbocycles. The van der Waals surface area contributed by atoms with E-state index >= 15 is 0 Å². The highest BCUT2D eigenvalue weighted by molar-refractivity contribution is 6.42. The number of carbonyl (C=O) groups is 2. The molecule has 1 fully saturated rings. The van der Waals surface area contributed by atoms with Gasteiger partial charge in [0.05, 0.1) is 15.6 Å². The number of carbonyl (C=O) groups excluding carboxylic acids is 1. The lowest BCUT2D eigenvalue weighted by molar-refractivity contribution is -0.142.